The van der Waals surface area contributed by atoms with E-state index in [2.05, 4.69) is 34.4 Å². The lowest BCUT2D eigenvalue weighted by Gasteiger charge is -2.33. The molecule has 2 aromatic heterocycles. The lowest BCUT2D eigenvalue weighted by Crippen LogP contribution is -2.42. The van der Waals surface area contributed by atoms with Crippen LogP contribution in [-0.4, -0.2) is 50.5 Å². The van der Waals surface area contributed by atoms with Crippen LogP contribution in [0, 0.1) is 6.92 Å². The van der Waals surface area contributed by atoms with Crippen LogP contribution in [-0.2, 0) is 4.74 Å². The molecular formula is C19H19N5O2. The summed E-state index contributed by atoms with van der Waals surface area (Å²) in [5.74, 6) is -0.0543. The maximum atomic E-state index is 13.0. The van der Waals surface area contributed by atoms with E-state index in [0.717, 1.165) is 5.56 Å². The summed E-state index contributed by atoms with van der Waals surface area (Å²) in [6.07, 6.45) is 6.43. The van der Waals surface area contributed by atoms with Gasteiger partial charge in [0.2, 0.25) is 0 Å². The Balaban J connectivity index is 1.55. The third-order valence-corrected chi connectivity index (χ3v) is 4.55. The van der Waals surface area contributed by atoms with Crippen LogP contribution in [0.1, 0.15) is 27.6 Å². The molecule has 7 nitrogen and oxygen atoms in total. The molecular weight excluding hydrogens is 330 g/mol. The predicted octanol–water partition coefficient (Wildman–Crippen LogP) is 2.18. The predicted molar refractivity (Wildman–Crippen MR) is 94.9 cm³/mol. The Morgan fingerprint density at radius 2 is 2.15 bits per heavy atom. The number of nitrogens with zero attached hydrogens (tertiary/aromatic N) is 5. The standard InChI is InChI=1S/C19H19N5O2/c1-14-4-2-3-5-17(14)18-13-23(8-9-26-18)19(25)15-10-16(12-20-11-15)24-7-6-21-22-24/h2-7,10-12,18H,8-9,13H2,1H3. The van der Waals surface area contributed by atoms with Gasteiger partial charge in [0.1, 0.15) is 6.10 Å². The van der Waals surface area contributed by atoms with Crippen LogP contribution in [0.2, 0.25) is 0 Å². The molecule has 1 amide bonds. The summed E-state index contributed by atoms with van der Waals surface area (Å²) in [6, 6.07) is 9.90. The van der Waals surface area contributed by atoms with Gasteiger partial charge in [0.25, 0.3) is 5.91 Å². The van der Waals surface area contributed by atoms with Crippen LogP contribution in [0.5, 0.6) is 0 Å². The minimum Gasteiger partial charge on any atom is -0.370 e. The van der Waals surface area contributed by atoms with Crippen molar-refractivity contribution in [3.8, 4) is 5.69 Å². The fourth-order valence-corrected chi connectivity index (χ4v) is 3.17. The summed E-state index contributed by atoms with van der Waals surface area (Å²) in [4.78, 5) is 19.0. The van der Waals surface area contributed by atoms with E-state index in [1.54, 1.807) is 35.5 Å². The van der Waals surface area contributed by atoms with E-state index in [9.17, 15) is 4.79 Å². The number of hydrogen-bond acceptors (Lipinski definition) is 5. The summed E-state index contributed by atoms with van der Waals surface area (Å²) in [6.45, 7) is 3.66. The van der Waals surface area contributed by atoms with Gasteiger partial charge < -0.3 is 9.64 Å². The number of carbonyl (C=O) groups excluding carboxylic acids is 1. The number of benzene rings is 1. The highest BCUT2D eigenvalue weighted by molar-refractivity contribution is 5.94. The van der Waals surface area contributed by atoms with Crippen molar-refractivity contribution in [1.29, 1.82) is 0 Å². The zero-order valence-electron chi connectivity index (χ0n) is 14.4. The average Bonchev–Trinajstić information content (AvgIpc) is 3.23. The second-order valence-corrected chi connectivity index (χ2v) is 6.25. The molecule has 0 saturated carbocycles. The molecule has 132 valence electrons. The number of aryl methyl sites for hydroxylation is 1. The van der Waals surface area contributed by atoms with E-state index >= 15 is 0 Å². The summed E-state index contributed by atoms with van der Waals surface area (Å²) >= 11 is 0. The van der Waals surface area contributed by atoms with Crippen LogP contribution in [0.3, 0.4) is 0 Å². The van der Waals surface area contributed by atoms with Crippen molar-refractivity contribution in [2.75, 3.05) is 19.7 Å². The first kappa shape index (κ1) is 16.4. The second-order valence-electron chi connectivity index (χ2n) is 6.25. The number of amides is 1. The lowest BCUT2D eigenvalue weighted by atomic mass is 10.0. The van der Waals surface area contributed by atoms with E-state index in [1.165, 1.54) is 5.56 Å². The van der Waals surface area contributed by atoms with Crippen LogP contribution in [0.15, 0.2) is 55.1 Å². The third-order valence-electron chi connectivity index (χ3n) is 4.55. The highest BCUT2D eigenvalue weighted by atomic mass is 16.5. The second kappa shape index (κ2) is 7.05. The van der Waals surface area contributed by atoms with Gasteiger partial charge in [-0.25, -0.2) is 4.68 Å². The Morgan fingerprint density at radius 1 is 1.27 bits per heavy atom. The number of ether oxygens (including phenoxy) is 1. The molecule has 1 saturated heterocycles. The van der Waals surface area contributed by atoms with Crippen molar-refractivity contribution in [2.24, 2.45) is 0 Å². The van der Waals surface area contributed by atoms with Crippen molar-refractivity contribution < 1.29 is 9.53 Å². The number of morpholine rings is 1. The monoisotopic (exact) mass is 349 g/mol. The first-order valence-electron chi connectivity index (χ1n) is 8.50. The van der Waals surface area contributed by atoms with E-state index in [1.807, 2.05) is 17.0 Å². The van der Waals surface area contributed by atoms with Crippen molar-refractivity contribution in [3.63, 3.8) is 0 Å². The van der Waals surface area contributed by atoms with Gasteiger partial charge >= 0.3 is 0 Å². The SMILES string of the molecule is Cc1ccccc1C1CN(C(=O)c2cncc(-n3ccnn3)c2)CCO1. The number of rotatable bonds is 3. The Hall–Kier alpha value is -3.06. The molecule has 0 spiro atoms. The molecule has 0 radical (unpaired) electrons. The molecule has 1 aliphatic heterocycles. The van der Waals surface area contributed by atoms with Gasteiger partial charge in [-0.15, -0.1) is 5.10 Å². The molecule has 1 atom stereocenters. The summed E-state index contributed by atoms with van der Waals surface area (Å²) in [5.41, 5.74) is 3.53. The molecule has 26 heavy (non-hydrogen) atoms. The maximum Gasteiger partial charge on any atom is 0.255 e. The van der Waals surface area contributed by atoms with Gasteiger partial charge in [0.05, 0.1) is 43.0 Å². The molecule has 3 aromatic rings. The summed E-state index contributed by atoms with van der Waals surface area (Å²) in [5, 5.41) is 7.73. The molecule has 1 aliphatic rings. The summed E-state index contributed by atoms with van der Waals surface area (Å²) < 4.78 is 7.49. The maximum absolute atomic E-state index is 13.0. The molecule has 1 unspecified atom stereocenters. The van der Waals surface area contributed by atoms with E-state index in [4.69, 9.17) is 4.74 Å². The van der Waals surface area contributed by atoms with Crippen LogP contribution < -0.4 is 0 Å². The zero-order chi connectivity index (χ0) is 17.9. The van der Waals surface area contributed by atoms with Gasteiger partial charge in [-0.3, -0.25) is 9.78 Å². The molecule has 0 N–H and O–H groups in total. The minimum absolute atomic E-state index is 0.0543. The van der Waals surface area contributed by atoms with E-state index < -0.39 is 0 Å². The Morgan fingerprint density at radius 3 is 2.96 bits per heavy atom. The molecule has 1 aromatic carbocycles. The molecule has 3 heterocycles. The minimum atomic E-state index is -0.111. The van der Waals surface area contributed by atoms with Gasteiger partial charge in [-0.1, -0.05) is 29.5 Å². The molecule has 0 aliphatic carbocycles. The first-order chi connectivity index (χ1) is 12.7. The van der Waals surface area contributed by atoms with E-state index in [-0.39, 0.29) is 12.0 Å². The fourth-order valence-electron chi connectivity index (χ4n) is 3.17. The number of pyridine rings is 1. The van der Waals surface area contributed by atoms with Gasteiger partial charge in [0.15, 0.2) is 0 Å². The third kappa shape index (κ3) is 3.21. The highest BCUT2D eigenvalue weighted by Gasteiger charge is 2.27. The molecule has 4 rings (SSSR count). The van der Waals surface area contributed by atoms with Crippen molar-refractivity contribution in [3.05, 3.63) is 71.8 Å². The van der Waals surface area contributed by atoms with Crippen LogP contribution in [0.25, 0.3) is 5.69 Å². The van der Waals surface area contributed by atoms with E-state index in [0.29, 0.717) is 30.9 Å². The fraction of sp³-hybridized carbons (Fsp3) is 0.263. The molecule has 7 heteroatoms. The first-order valence-corrected chi connectivity index (χ1v) is 8.50. The van der Waals surface area contributed by atoms with Crippen molar-refractivity contribution in [1.82, 2.24) is 24.9 Å². The molecule has 1 fully saturated rings. The van der Waals surface area contributed by atoms with Gasteiger partial charge in [-0.05, 0) is 24.1 Å². The zero-order valence-corrected chi connectivity index (χ0v) is 14.4. The molecule has 0 bridgehead atoms. The average molecular weight is 349 g/mol. The van der Waals surface area contributed by atoms with Gasteiger partial charge in [0, 0.05) is 12.7 Å². The smallest absolute Gasteiger partial charge is 0.255 e. The summed E-state index contributed by atoms with van der Waals surface area (Å²) in [7, 11) is 0. The Bertz CT molecular complexity index is 910. The van der Waals surface area contributed by atoms with Crippen molar-refractivity contribution in [2.45, 2.75) is 13.0 Å². The largest absolute Gasteiger partial charge is 0.370 e. The van der Waals surface area contributed by atoms with Crippen LogP contribution in [0.4, 0.5) is 0 Å². The highest BCUT2D eigenvalue weighted by Crippen LogP contribution is 2.25. The lowest BCUT2D eigenvalue weighted by molar-refractivity contribution is -0.0231. The van der Waals surface area contributed by atoms with Crippen molar-refractivity contribution >= 4 is 5.91 Å². The van der Waals surface area contributed by atoms with Gasteiger partial charge in [-0.2, -0.15) is 0 Å². The van der Waals surface area contributed by atoms with Crippen LogP contribution >= 0.6 is 0 Å². The topological polar surface area (TPSA) is 73.1 Å². The number of aromatic nitrogens is 4. The Kier molecular flexibility index (Phi) is 4.45. The number of hydrogen-bond donors (Lipinski definition) is 0. The number of carbonyl (C=O) groups is 1. The normalized spacial score (nSPS) is 17.3. The quantitative estimate of drug-likeness (QED) is 0.725. The Labute approximate surface area is 151 Å².